The van der Waals surface area contributed by atoms with Crippen molar-refractivity contribution >= 4 is 23.8 Å². The second-order valence-corrected chi connectivity index (χ2v) is 3.58. The topological polar surface area (TPSA) is 197 Å². The number of hydrogen-bond donors (Lipinski definition) is 6. The molecule has 1 amide bonds. The van der Waals surface area contributed by atoms with Crippen LogP contribution >= 0.6 is 0 Å². The molecule has 0 aliphatic heterocycles. The molecule has 10 heteroatoms. The van der Waals surface area contributed by atoms with Crippen molar-refractivity contribution in [2.24, 2.45) is 17.2 Å². The van der Waals surface area contributed by atoms with Crippen LogP contribution < -0.4 is 17.2 Å². The number of likely N-dealkylation sites (N-methyl/N-ethyl adjacent to an activating group) is 1. The fraction of sp³-hybridized carbons (Fsp3) is 0.556. The highest BCUT2D eigenvalue weighted by atomic mass is 16.4. The van der Waals surface area contributed by atoms with E-state index in [1.54, 1.807) is 0 Å². The molecular weight excluding hydrogens is 258 g/mol. The van der Waals surface area contributed by atoms with Crippen LogP contribution in [0.15, 0.2) is 0 Å². The number of carboxylic acid groups (broad SMARTS) is 2. The number of guanidine groups is 1. The van der Waals surface area contributed by atoms with Gasteiger partial charge in [0.05, 0.1) is 0 Å². The molecule has 0 bridgehead atoms. The lowest BCUT2D eigenvalue weighted by Gasteiger charge is -2.12. The predicted octanol–water partition coefficient (Wildman–Crippen LogP) is -2.44. The van der Waals surface area contributed by atoms with Gasteiger partial charge in [-0.1, -0.05) is 0 Å². The third kappa shape index (κ3) is 13.6. The summed E-state index contributed by atoms with van der Waals surface area (Å²) in [4.78, 5) is 31.2. The molecule has 0 aromatic heterocycles. The summed E-state index contributed by atoms with van der Waals surface area (Å²) >= 11 is 0. The Morgan fingerprint density at radius 2 is 1.74 bits per heavy atom. The van der Waals surface area contributed by atoms with Crippen LogP contribution in [0, 0.1) is 5.41 Å². The van der Waals surface area contributed by atoms with Crippen molar-refractivity contribution in [2.75, 3.05) is 13.6 Å². The number of hydrogen-bond acceptors (Lipinski definition) is 5. The van der Waals surface area contributed by atoms with E-state index in [9.17, 15) is 14.4 Å². The van der Waals surface area contributed by atoms with Gasteiger partial charge in [-0.2, -0.15) is 0 Å². The highest BCUT2D eigenvalue weighted by Gasteiger charge is 2.11. The first-order valence-corrected chi connectivity index (χ1v) is 5.11. The van der Waals surface area contributed by atoms with Crippen LogP contribution in [-0.4, -0.2) is 58.6 Å². The molecule has 0 radical (unpaired) electrons. The first-order chi connectivity index (χ1) is 8.57. The summed E-state index contributed by atoms with van der Waals surface area (Å²) in [6.45, 7) is -0.227. The number of nitrogens with two attached hydrogens (primary N) is 3. The van der Waals surface area contributed by atoms with Gasteiger partial charge in [-0.25, -0.2) is 0 Å². The monoisotopic (exact) mass is 277 g/mol. The number of rotatable bonds is 6. The molecule has 0 aromatic carbocycles. The van der Waals surface area contributed by atoms with Crippen molar-refractivity contribution in [3.8, 4) is 0 Å². The largest absolute Gasteiger partial charge is 0.480 e. The molecule has 9 N–H and O–H groups in total. The summed E-state index contributed by atoms with van der Waals surface area (Å²) in [5, 5.41) is 23.1. The molecule has 0 saturated heterocycles. The number of carboxylic acids is 2. The molecule has 10 nitrogen and oxygen atoms in total. The average Bonchev–Trinajstić information content (AvgIpc) is 2.25. The van der Waals surface area contributed by atoms with Gasteiger partial charge in [0.25, 0.3) is 0 Å². The van der Waals surface area contributed by atoms with E-state index in [1.807, 2.05) is 0 Å². The summed E-state index contributed by atoms with van der Waals surface area (Å²) in [5.74, 6) is -2.87. The highest BCUT2D eigenvalue weighted by Crippen LogP contribution is 1.92. The van der Waals surface area contributed by atoms with Gasteiger partial charge in [0.1, 0.15) is 12.6 Å². The van der Waals surface area contributed by atoms with Crippen LogP contribution in [0.3, 0.4) is 0 Å². The van der Waals surface area contributed by atoms with E-state index in [0.29, 0.717) is 0 Å². The summed E-state index contributed by atoms with van der Waals surface area (Å²) < 4.78 is 0. The minimum Gasteiger partial charge on any atom is -0.480 e. The minimum absolute atomic E-state index is 0.0213. The number of nitrogens with zero attached hydrogens (tertiary/aromatic N) is 1. The zero-order valence-corrected chi connectivity index (χ0v) is 10.5. The Morgan fingerprint density at radius 3 is 1.95 bits per heavy atom. The zero-order chi connectivity index (χ0) is 15.6. The molecular formula is C9H19N5O5. The first-order valence-electron chi connectivity index (χ1n) is 5.11. The maximum absolute atomic E-state index is 10.1. The Bertz CT molecular complexity index is 346. The lowest BCUT2D eigenvalue weighted by Crippen LogP contribution is -2.36. The Kier molecular flexibility index (Phi) is 9.64. The Morgan fingerprint density at radius 1 is 1.26 bits per heavy atom. The quantitative estimate of drug-likeness (QED) is 0.227. The molecule has 1 atom stereocenters. The number of carbonyl (C=O) groups excluding carboxylic acids is 1. The second-order valence-electron chi connectivity index (χ2n) is 3.58. The first kappa shape index (κ1) is 19.0. The van der Waals surface area contributed by atoms with Gasteiger partial charge in [0.15, 0.2) is 5.96 Å². The molecule has 0 rings (SSSR count). The van der Waals surface area contributed by atoms with Crippen molar-refractivity contribution in [1.29, 1.82) is 5.41 Å². The smallest absolute Gasteiger partial charge is 0.323 e. The van der Waals surface area contributed by atoms with Gasteiger partial charge in [-0.15, -0.1) is 0 Å². The van der Waals surface area contributed by atoms with Crippen LogP contribution in [-0.2, 0) is 14.4 Å². The van der Waals surface area contributed by atoms with Crippen LogP contribution in [0.5, 0.6) is 0 Å². The summed E-state index contributed by atoms with van der Waals surface area (Å²) in [5.41, 5.74) is 14.7. The number of carbonyl (C=O) groups is 3. The maximum atomic E-state index is 10.1. The molecule has 19 heavy (non-hydrogen) atoms. The molecule has 0 unspecified atom stereocenters. The summed E-state index contributed by atoms with van der Waals surface area (Å²) in [7, 11) is 1.44. The SMILES string of the molecule is CN(CC(=O)O)C(=N)N.NC(=O)CC[C@H](N)C(=O)O. The van der Waals surface area contributed by atoms with Gasteiger partial charge < -0.3 is 32.3 Å². The van der Waals surface area contributed by atoms with E-state index >= 15 is 0 Å². The molecule has 0 spiro atoms. The number of amides is 1. The average molecular weight is 277 g/mol. The molecule has 0 aliphatic rings. The molecule has 110 valence electrons. The minimum atomic E-state index is -1.11. The second kappa shape index (κ2) is 9.65. The van der Waals surface area contributed by atoms with E-state index in [0.717, 1.165) is 4.90 Å². The summed E-state index contributed by atoms with van der Waals surface area (Å²) in [6, 6.07) is -0.979. The van der Waals surface area contributed by atoms with Crippen LogP contribution in [0.25, 0.3) is 0 Å². The van der Waals surface area contributed by atoms with E-state index in [-0.39, 0.29) is 25.3 Å². The molecule has 0 saturated carbocycles. The summed E-state index contributed by atoms with van der Waals surface area (Å²) in [6.07, 6.45) is 0.123. The van der Waals surface area contributed by atoms with Crippen molar-refractivity contribution in [1.82, 2.24) is 4.90 Å². The number of primary amides is 1. The standard InChI is InChI=1S/C5H10N2O3.C4H9N3O2/c6-3(5(9)10)1-2-4(7)8;1-7(4(5)6)2-3(8)9/h3H,1-2,6H2,(H2,7,8)(H,9,10);2H2,1H3,(H3,5,6)(H,8,9)/t3-;/m0./s1. The lowest BCUT2D eigenvalue weighted by molar-refractivity contribution is -0.139. The third-order valence-electron chi connectivity index (χ3n) is 1.80. The predicted molar refractivity (Wildman–Crippen MR) is 66.2 cm³/mol. The van der Waals surface area contributed by atoms with Crippen molar-refractivity contribution in [3.63, 3.8) is 0 Å². The van der Waals surface area contributed by atoms with E-state index < -0.39 is 23.9 Å². The van der Waals surface area contributed by atoms with Crippen LogP contribution in [0.4, 0.5) is 0 Å². The fourth-order valence-electron chi connectivity index (χ4n) is 0.709. The Labute approximate surface area is 109 Å². The van der Waals surface area contributed by atoms with Gasteiger partial charge in [-0.05, 0) is 6.42 Å². The van der Waals surface area contributed by atoms with Gasteiger partial charge >= 0.3 is 11.9 Å². The van der Waals surface area contributed by atoms with Crippen molar-refractivity contribution in [3.05, 3.63) is 0 Å². The maximum Gasteiger partial charge on any atom is 0.323 e. The molecule has 0 aliphatic carbocycles. The molecule has 0 aromatic rings. The highest BCUT2D eigenvalue weighted by molar-refractivity contribution is 5.80. The van der Waals surface area contributed by atoms with Crippen LogP contribution in [0.2, 0.25) is 0 Å². The normalized spacial score (nSPS) is 10.6. The van der Waals surface area contributed by atoms with E-state index in [1.165, 1.54) is 7.05 Å². The zero-order valence-electron chi connectivity index (χ0n) is 10.5. The Balaban J connectivity index is 0. The van der Waals surface area contributed by atoms with Crippen molar-refractivity contribution in [2.45, 2.75) is 18.9 Å². The fourth-order valence-corrected chi connectivity index (χ4v) is 0.709. The number of aliphatic carboxylic acids is 2. The van der Waals surface area contributed by atoms with Gasteiger partial charge in [0, 0.05) is 13.5 Å². The van der Waals surface area contributed by atoms with Gasteiger partial charge in [-0.3, -0.25) is 19.8 Å². The third-order valence-corrected chi connectivity index (χ3v) is 1.80. The van der Waals surface area contributed by atoms with Crippen LogP contribution in [0.1, 0.15) is 12.8 Å². The molecule has 0 fully saturated rings. The molecule has 0 heterocycles. The van der Waals surface area contributed by atoms with E-state index in [2.05, 4.69) is 0 Å². The van der Waals surface area contributed by atoms with Crippen molar-refractivity contribution < 1.29 is 24.6 Å². The number of nitrogens with one attached hydrogen (secondary N) is 1. The van der Waals surface area contributed by atoms with E-state index in [4.69, 9.17) is 32.8 Å². The Hall–Kier alpha value is -2.36. The lowest BCUT2D eigenvalue weighted by atomic mass is 10.2. The van der Waals surface area contributed by atoms with Gasteiger partial charge in [0.2, 0.25) is 5.91 Å².